The van der Waals surface area contributed by atoms with Gasteiger partial charge >= 0.3 is 5.69 Å². The molecule has 0 aliphatic rings. The van der Waals surface area contributed by atoms with Crippen LogP contribution in [-0.4, -0.2) is 33.7 Å². The molecule has 1 amide bonds. The van der Waals surface area contributed by atoms with E-state index in [9.17, 15) is 14.4 Å². The number of amides is 1. The fourth-order valence-corrected chi connectivity index (χ4v) is 1.04. The van der Waals surface area contributed by atoms with Crippen molar-refractivity contribution < 1.29 is 4.79 Å². The van der Waals surface area contributed by atoms with Gasteiger partial charge in [-0.2, -0.15) is 0 Å². The fraction of sp³-hybridized carbons (Fsp3) is 0.500. The van der Waals surface area contributed by atoms with E-state index >= 15 is 0 Å². The molecule has 8 heteroatoms. The molecule has 1 aromatic heterocycles. The first-order chi connectivity index (χ1) is 7.54. The zero-order valence-electron chi connectivity index (χ0n) is 8.96. The van der Waals surface area contributed by atoms with Crippen LogP contribution in [0.1, 0.15) is 13.8 Å². The Labute approximate surface area is 90.5 Å². The number of anilines is 1. The number of rotatable bonds is 4. The Bertz CT molecular complexity index is 477. The molecule has 1 heterocycles. The van der Waals surface area contributed by atoms with E-state index in [4.69, 9.17) is 0 Å². The Balaban J connectivity index is 2.77. The van der Waals surface area contributed by atoms with E-state index in [2.05, 4.69) is 20.8 Å². The van der Waals surface area contributed by atoms with E-state index in [0.717, 1.165) is 0 Å². The summed E-state index contributed by atoms with van der Waals surface area (Å²) in [4.78, 5) is 35.2. The molecular weight excluding hydrogens is 214 g/mol. The van der Waals surface area contributed by atoms with E-state index in [-0.39, 0.29) is 11.7 Å². The van der Waals surface area contributed by atoms with Gasteiger partial charge in [-0.1, -0.05) is 0 Å². The Morgan fingerprint density at radius 3 is 2.75 bits per heavy atom. The maximum atomic E-state index is 11.3. The molecular formula is C8H13N5O3. The zero-order valence-corrected chi connectivity index (χ0v) is 8.96. The van der Waals surface area contributed by atoms with Gasteiger partial charge in [-0.15, -0.1) is 5.10 Å². The van der Waals surface area contributed by atoms with Gasteiger partial charge in [0.2, 0.25) is 11.7 Å². The lowest BCUT2D eigenvalue weighted by Gasteiger charge is -2.12. The van der Waals surface area contributed by atoms with Gasteiger partial charge < -0.3 is 10.6 Å². The predicted octanol–water partition coefficient (Wildman–Crippen LogP) is -1.61. The van der Waals surface area contributed by atoms with Crippen molar-refractivity contribution in [3.05, 3.63) is 20.8 Å². The minimum absolute atomic E-state index is 0.0987. The first kappa shape index (κ1) is 12.0. The van der Waals surface area contributed by atoms with Crippen molar-refractivity contribution >= 4 is 11.7 Å². The van der Waals surface area contributed by atoms with Gasteiger partial charge in [0.05, 0.1) is 0 Å². The average Bonchev–Trinajstić information content (AvgIpc) is 2.22. The maximum absolute atomic E-state index is 11.3. The molecule has 8 nitrogen and oxygen atoms in total. The van der Waals surface area contributed by atoms with Crippen molar-refractivity contribution in [1.82, 2.24) is 20.5 Å². The number of carbonyl (C=O) groups excluding carboxylic acids is 1. The van der Waals surface area contributed by atoms with Crippen molar-refractivity contribution in [2.75, 3.05) is 11.9 Å². The van der Waals surface area contributed by atoms with Crippen molar-refractivity contribution in [3.63, 3.8) is 0 Å². The van der Waals surface area contributed by atoms with Crippen molar-refractivity contribution in [3.8, 4) is 0 Å². The van der Waals surface area contributed by atoms with Crippen LogP contribution >= 0.6 is 0 Å². The van der Waals surface area contributed by atoms with Gasteiger partial charge in [-0.05, 0) is 13.8 Å². The highest BCUT2D eigenvalue weighted by atomic mass is 16.2. The summed E-state index contributed by atoms with van der Waals surface area (Å²) in [5, 5.41) is 10.7. The summed E-state index contributed by atoms with van der Waals surface area (Å²) in [6.45, 7) is 3.87. The maximum Gasteiger partial charge on any atom is 0.342 e. The van der Waals surface area contributed by atoms with Crippen LogP contribution in [0, 0.1) is 0 Å². The van der Waals surface area contributed by atoms with Crippen LogP contribution in [0.5, 0.6) is 0 Å². The number of likely N-dealkylation sites (N-methyl/N-ethyl adjacent to an activating group) is 1. The number of hydrogen-bond donors (Lipinski definition) is 4. The van der Waals surface area contributed by atoms with Crippen LogP contribution in [0.25, 0.3) is 0 Å². The van der Waals surface area contributed by atoms with Gasteiger partial charge in [-0.25, -0.2) is 9.89 Å². The molecule has 0 saturated heterocycles. The minimum Gasteiger partial charge on any atom is -0.355 e. The second-order valence-corrected chi connectivity index (χ2v) is 3.12. The molecule has 0 radical (unpaired) electrons. The Morgan fingerprint density at radius 1 is 1.50 bits per heavy atom. The topological polar surface area (TPSA) is 120 Å². The molecule has 0 fully saturated rings. The summed E-state index contributed by atoms with van der Waals surface area (Å²) in [5.41, 5.74) is -1.36. The van der Waals surface area contributed by atoms with Crippen LogP contribution in [-0.2, 0) is 4.79 Å². The molecule has 0 aromatic carbocycles. The minimum atomic E-state index is -0.693. The lowest BCUT2D eigenvalue weighted by molar-refractivity contribution is -0.121. The van der Waals surface area contributed by atoms with E-state index in [0.29, 0.717) is 6.54 Å². The number of H-pyrrole nitrogens is 2. The van der Waals surface area contributed by atoms with Gasteiger partial charge in [0.25, 0.3) is 5.56 Å². The van der Waals surface area contributed by atoms with E-state index in [1.54, 1.807) is 13.8 Å². The summed E-state index contributed by atoms with van der Waals surface area (Å²) in [5.74, 6) is -0.353. The van der Waals surface area contributed by atoms with Gasteiger partial charge in [0, 0.05) is 6.54 Å². The second kappa shape index (κ2) is 5.10. The number of aromatic amines is 2. The molecule has 0 bridgehead atoms. The molecule has 88 valence electrons. The largest absolute Gasteiger partial charge is 0.355 e. The zero-order chi connectivity index (χ0) is 12.1. The molecule has 4 N–H and O–H groups in total. The number of carbonyl (C=O) groups is 1. The van der Waals surface area contributed by atoms with Crippen molar-refractivity contribution in [2.45, 2.75) is 19.9 Å². The molecule has 0 aliphatic carbocycles. The number of aromatic nitrogens is 3. The third kappa shape index (κ3) is 2.94. The van der Waals surface area contributed by atoms with Crippen molar-refractivity contribution in [2.24, 2.45) is 0 Å². The molecule has 1 rings (SSSR count). The van der Waals surface area contributed by atoms with Gasteiger partial charge in [0.1, 0.15) is 6.04 Å². The predicted molar refractivity (Wildman–Crippen MR) is 57.2 cm³/mol. The van der Waals surface area contributed by atoms with Gasteiger partial charge in [0.15, 0.2) is 0 Å². The number of nitrogens with one attached hydrogen (secondary N) is 4. The van der Waals surface area contributed by atoms with E-state index in [1.165, 1.54) is 0 Å². The molecule has 1 aromatic rings. The highest BCUT2D eigenvalue weighted by molar-refractivity contribution is 5.83. The lowest BCUT2D eigenvalue weighted by atomic mass is 10.3. The summed E-state index contributed by atoms with van der Waals surface area (Å²) >= 11 is 0. The standard InChI is InChI=1S/C8H13N5O3/c1-3-9-6(14)4(2)10-5-7(15)11-8(16)13-12-5/h4H,3H2,1-2H3,(H,9,14)(H,10,12)(H2,11,13,15,16). The highest BCUT2D eigenvalue weighted by Gasteiger charge is 2.13. The third-order valence-electron chi connectivity index (χ3n) is 1.81. The SMILES string of the molecule is CCNC(=O)C(C)Nc1n[nH]c(=O)[nH]c1=O. The fourth-order valence-electron chi connectivity index (χ4n) is 1.04. The lowest BCUT2D eigenvalue weighted by Crippen LogP contribution is -2.39. The van der Waals surface area contributed by atoms with Crippen LogP contribution in [0.2, 0.25) is 0 Å². The smallest absolute Gasteiger partial charge is 0.342 e. The molecule has 1 atom stereocenters. The van der Waals surface area contributed by atoms with Gasteiger partial charge in [-0.3, -0.25) is 14.6 Å². The quantitative estimate of drug-likeness (QED) is 0.493. The average molecular weight is 227 g/mol. The third-order valence-corrected chi connectivity index (χ3v) is 1.81. The summed E-state index contributed by atoms with van der Waals surface area (Å²) in [7, 11) is 0. The Morgan fingerprint density at radius 2 is 2.19 bits per heavy atom. The number of nitrogens with zero attached hydrogens (tertiary/aromatic N) is 1. The van der Waals surface area contributed by atoms with Crippen LogP contribution in [0.15, 0.2) is 9.59 Å². The summed E-state index contributed by atoms with van der Waals surface area (Å²) in [6.07, 6.45) is 0. The molecule has 0 aliphatic heterocycles. The Hall–Kier alpha value is -2.12. The molecule has 1 unspecified atom stereocenters. The highest BCUT2D eigenvalue weighted by Crippen LogP contribution is 1.93. The number of hydrogen-bond acceptors (Lipinski definition) is 5. The van der Waals surface area contributed by atoms with E-state index in [1.807, 2.05) is 4.98 Å². The normalized spacial score (nSPS) is 11.9. The monoisotopic (exact) mass is 227 g/mol. The molecule has 0 spiro atoms. The first-order valence-electron chi connectivity index (χ1n) is 4.77. The second-order valence-electron chi connectivity index (χ2n) is 3.12. The Kier molecular flexibility index (Phi) is 3.81. The van der Waals surface area contributed by atoms with Crippen LogP contribution < -0.4 is 21.9 Å². The first-order valence-corrected chi connectivity index (χ1v) is 4.77. The van der Waals surface area contributed by atoms with E-state index < -0.39 is 17.3 Å². The summed E-state index contributed by atoms with van der Waals surface area (Å²) < 4.78 is 0. The molecule has 0 saturated carbocycles. The molecule has 16 heavy (non-hydrogen) atoms. The summed E-state index contributed by atoms with van der Waals surface area (Å²) in [6, 6.07) is -0.612. The van der Waals surface area contributed by atoms with Crippen LogP contribution in [0.3, 0.4) is 0 Å². The van der Waals surface area contributed by atoms with Crippen LogP contribution in [0.4, 0.5) is 5.82 Å². The van der Waals surface area contributed by atoms with Crippen molar-refractivity contribution in [1.29, 1.82) is 0 Å².